The maximum Gasteiger partial charge on any atom is 0.348 e. The van der Waals surface area contributed by atoms with Gasteiger partial charge in [-0.15, -0.1) is 0 Å². The zero-order valence-electron chi connectivity index (χ0n) is 9.60. The van der Waals surface area contributed by atoms with E-state index in [0.29, 0.717) is 0 Å². The summed E-state index contributed by atoms with van der Waals surface area (Å²) in [6.07, 6.45) is 0.940. The molecule has 0 aliphatic carbocycles. The van der Waals surface area contributed by atoms with Crippen molar-refractivity contribution in [3.05, 3.63) is 23.2 Å². The van der Waals surface area contributed by atoms with Gasteiger partial charge in [0.25, 0.3) is 11.7 Å². The Labute approximate surface area is 97.7 Å². The highest BCUT2D eigenvalue weighted by Gasteiger charge is 2.35. The van der Waals surface area contributed by atoms with E-state index < -0.39 is 23.5 Å². The monoisotopic (exact) mass is 237 g/mol. The van der Waals surface area contributed by atoms with Crippen molar-refractivity contribution in [3.63, 3.8) is 0 Å². The Hall–Kier alpha value is -2.29. The van der Waals surface area contributed by atoms with Gasteiger partial charge in [-0.25, -0.2) is 4.79 Å². The number of ether oxygens (including phenoxy) is 2. The van der Waals surface area contributed by atoms with Crippen molar-refractivity contribution in [2.45, 2.75) is 26.6 Å². The molecular formula is C11H11NO5. The van der Waals surface area contributed by atoms with E-state index in [1.54, 1.807) is 6.07 Å². The average Bonchev–Trinajstić information content (AvgIpc) is 2.14. The molecule has 1 aliphatic rings. The van der Waals surface area contributed by atoms with Crippen molar-refractivity contribution in [2.24, 2.45) is 0 Å². The van der Waals surface area contributed by atoms with Gasteiger partial charge in [-0.05, 0) is 13.0 Å². The first-order chi connectivity index (χ1) is 7.76. The standard InChI is InChI=1S/C11H11NO5/c1-6(13)7(5-12)4-8-9(14)16-11(2,3)17-10(8)15/h4,14H,1-3H3. The van der Waals surface area contributed by atoms with Gasteiger partial charge in [0.1, 0.15) is 11.6 Å². The Morgan fingerprint density at radius 1 is 1.47 bits per heavy atom. The summed E-state index contributed by atoms with van der Waals surface area (Å²) in [6, 6.07) is 1.61. The molecule has 0 aromatic heterocycles. The van der Waals surface area contributed by atoms with Gasteiger partial charge in [0.2, 0.25) is 0 Å². The first-order valence-electron chi connectivity index (χ1n) is 4.75. The molecule has 17 heavy (non-hydrogen) atoms. The molecule has 1 N–H and O–H groups in total. The minimum absolute atomic E-state index is 0.271. The van der Waals surface area contributed by atoms with Crippen LogP contribution in [0.15, 0.2) is 23.2 Å². The van der Waals surface area contributed by atoms with Gasteiger partial charge in [0.15, 0.2) is 5.78 Å². The summed E-state index contributed by atoms with van der Waals surface area (Å²) < 4.78 is 9.75. The van der Waals surface area contributed by atoms with Gasteiger partial charge in [0, 0.05) is 13.8 Å². The van der Waals surface area contributed by atoms with Crippen LogP contribution in [0.25, 0.3) is 0 Å². The minimum atomic E-state index is -1.28. The molecule has 0 spiro atoms. The third-order valence-electron chi connectivity index (χ3n) is 1.92. The van der Waals surface area contributed by atoms with Gasteiger partial charge in [-0.2, -0.15) is 5.26 Å². The fourth-order valence-corrected chi connectivity index (χ4v) is 1.15. The van der Waals surface area contributed by atoms with E-state index in [2.05, 4.69) is 0 Å². The van der Waals surface area contributed by atoms with Crippen LogP contribution in [0.3, 0.4) is 0 Å². The fourth-order valence-electron chi connectivity index (χ4n) is 1.15. The molecular weight excluding hydrogens is 226 g/mol. The van der Waals surface area contributed by atoms with Gasteiger partial charge in [-0.3, -0.25) is 4.79 Å². The van der Waals surface area contributed by atoms with E-state index in [0.717, 1.165) is 6.08 Å². The molecule has 90 valence electrons. The quantitative estimate of drug-likeness (QED) is 0.439. The second kappa shape index (κ2) is 4.29. The molecule has 1 aliphatic heterocycles. The summed E-state index contributed by atoms with van der Waals surface area (Å²) >= 11 is 0. The number of nitrogens with zero attached hydrogens (tertiary/aromatic N) is 1. The number of esters is 1. The number of ketones is 1. The Morgan fingerprint density at radius 2 is 2.06 bits per heavy atom. The summed E-state index contributed by atoms with van der Waals surface area (Å²) in [7, 11) is 0. The highest BCUT2D eigenvalue weighted by Crippen LogP contribution is 2.26. The molecule has 0 bridgehead atoms. The lowest BCUT2D eigenvalue weighted by Crippen LogP contribution is -2.36. The number of rotatable bonds is 2. The second-order valence-electron chi connectivity index (χ2n) is 3.84. The molecule has 0 amide bonds. The van der Waals surface area contributed by atoms with Crippen LogP contribution in [0.5, 0.6) is 0 Å². The summed E-state index contributed by atoms with van der Waals surface area (Å²) in [5.41, 5.74) is -0.622. The smallest absolute Gasteiger partial charge is 0.348 e. The number of cyclic esters (lactones) is 1. The number of carbonyl (C=O) groups is 2. The van der Waals surface area contributed by atoms with Crippen LogP contribution in [0.4, 0.5) is 0 Å². The van der Waals surface area contributed by atoms with Gasteiger partial charge < -0.3 is 14.6 Å². The van der Waals surface area contributed by atoms with E-state index in [1.807, 2.05) is 0 Å². The SMILES string of the molecule is CC(=O)C(C#N)=CC1=C(O)OC(C)(C)OC1=O. The number of aliphatic hydroxyl groups is 1. The van der Waals surface area contributed by atoms with Crippen molar-refractivity contribution in [3.8, 4) is 6.07 Å². The molecule has 0 fully saturated rings. The van der Waals surface area contributed by atoms with E-state index in [4.69, 9.17) is 14.7 Å². The first-order valence-corrected chi connectivity index (χ1v) is 4.75. The molecule has 6 nitrogen and oxygen atoms in total. The Bertz CT molecular complexity index is 479. The molecule has 0 aromatic carbocycles. The van der Waals surface area contributed by atoms with E-state index >= 15 is 0 Å². The predicted molar refractivity (Wildman–Crippen MR) is 55.3 cm³/mol. The summed E-state index contributed by atoms with van der Waals surface area (Å²) in [5.74, 6) is -3.32. The topological polar surface area (TPSA) is 96.6 Å². The van der Waals surface area contributed by atoms with Crippen LogP contribution in [0.2, 0.25) is 0 Å². The number of allylic oxidation sites excluding steroid dienone is 1. The predicted octanol–water partition coefficient (Wildman–Crippen LogP) is 1.10. The first kappa shape index (κ1) is 12.8. The molecule has 0 aromatic rings. The van der Waals surface area contributed by atoms with Gasteiger partial charge in [-0.1, -0.05) is 0 Å². The van der Waals surface area contributed by atoms with Crippen LogP contribution < -0.4 is 0 Å². The fraction of sp³-hybridized carbons (Fsp3) is 0.364. The molecule has 6 heteroatoms. The molecule has 0 atom stereocenters. The average molecular weight is 237 g/mol. The van der Waals surface area contributed by atoms with Crippen molar-refractivity contribution < 1.29 is 24.2 Å². The number of hydrogen-bond donors (Lipinski definition) is 1. The number of aliphatic hydroxyl groups excluding tert-OH is 1. The lowest BCUT2D eigenvalue weighted by Gasteiger charge is -2.29. The van der Waals surface area contributed by atoms with E-state index in [9.17, 15) is 14.7 Å². The number of hydrogen-bond acceptors (Lipinski definition) is 6. The van der Waals surface area contributed by atoms with Crippen molar-refractivity contribution in [2.75, 3.05) is 0 Å². The lowest BCUT2D eigenvalue weighted by molar-refractivity contribution is -0.221. The Morgan fingerprint density at radius 3 is 2.47 bits per heavy atom. The maximum absolute atomic E-state index is 11.5. The molecule has 0 saturated carbocycles. The van der Waals surface area contributed by atoms with Crippen LogP contribution in [-0.2, 0) is 19.1 Å². The molecule has 1 rings (SSSR count). The van der Waals surface area contributed by atoms with Crippen molar-refractivity contribution in [1.82, 2.24) is 0 Å². The second-order valence-corrected chi connectivity index (χ2v) is 3.84. The summed E-state index contributed by atoms with van der Waals surface area (Å²) in [6.45, 7) is 4.06. The van der Waals surface area contributed by atoms with Crippen LogP contribution in [0.1, 0.15) is 20.8 Å². The Balaban J connectivity index is 3.19. The molecule has 0 unspecified atom stereocenters. The van der Waals surface area contributed by atoms with Crippen molar-refractivity contribution in [1.29, 1.82) is 5.26 Å². The largest absolute Gasteiger partial charge is 0.480 e. The molecule has 0 saturated heterocycles. The zero-order valence-corrected chi connectivity index (χ0v) is 9.60. The summed E-state index contributed by atoms with van der Waals surface area (Å²) in [5, 5.41) is 18.2. The van der Waals surface area contributed by atoms with Crippen molar-refractivity contribution >= 4 is 11.8 Å². The highest BCUT2D eigenvalue weighted by atomic mass is 16.8. The van der Waals surface area contributed by atoms with Crippen LogP contribution in [0, 0.1) is 11.3 Å². The van der Waals surface area contributed by atoms with Gasteiger partial charge in [0.05, 0.1) is 5.57 Å². The maximum atomic E-state index is 11.5. The third kappa shape index (κ3) is 2.84. The Kier molecular flexibility index (Phi) is 3.23. The zero-order chi connectivity index (χ0) is 13.2. The normalized spacial score (nSPS) is 19.2. The number of carbonyl (C=O) groups excluding carboxylic acids is 2. The number of nitriles is 1. The van der Waals surface area contributed by atoms with Crippen LogP contribution in [-0.4, -0.2) is 22.6 Å². The van der Waals surface area contributed by atoms with Crippen LogP contribution >= 0.6 is 0 Å². The molecule has 1 heterocycles. The number of Topliss-reactive ketones (excluding diaryl/α,β-unsaturated/α-hetero) is 1. The summed E-state index contributed by atoms with van der Waals surface area (Å²) in [4.78, 5) is 22.5. The third-order valence-corrected chi connectivity index (χ3v) is 1.92. The lowest BCUT2D eigenvalue weighted by atomic mass is 10.1. The minimum Gasteiger partial charge on any atom is -0.480 e. The highest BCUT2D eigenvalue weighted by molar-refractivity contribution is 6.01. The van der Waals surface area contributed by atoms with E-state index in [1.165, 1.54) is 20.8 Å². The van der Waals surface area contributed by atoms with Gasteiger partial charge >= 0.3 is 5.97 Å². The van der Waals surface area contributed by atoms with E-state index in [-0.39, 0.29) is 11.1 Å². The molecule has 0 radical (unpaired) electrons.